The lowest BCUT2D eigenvalue weighted by Crippen LogP contribution is -2.41. The molecule has 267 valence electrons. The Balaban J connectivity index is 1.12. The zero-order valence-corrected chi connectivity index (χ0v) is 32.5. The molecule has 14 rings (SSSR count). The van der Waals surface area contributed by atoms with Crippen molar-refractivity contribution in [2.24, 2.45) is 0 Å². The van der Waals surface area contributed by atoms with Crippen molar-refractivity contribution in [3.63, 3.8) is 0 Å². The number of hydrogen-bond acceptors (Lipinski definition) is 4. The normalized spacial score (nSPS) is 12.9. The van der Waals surface area contributed by atoms with E-state index >= 15 is 0 Å². The van der Waals surface area contributed by atoms with Gasteiger partial charge in [-0.15, -0.1) is 22.7 Å². The third-order valence-electron chi connectivity index (χ3n) is 12.4. The van der Waals surface area contributed by atoms with Gasteiger partial charge in [-0.1, -0.05) is 103 Å². The predicted octanol–water partition coefficient (Wildman–Crippen LogP) is 14.2. The number of H-pyrrole nitrogens is 1. The number of aromatic nitrogens is 1. The van der Waals surface area contributed by atoms with Crippen LogP contribution >= 0.6 is 22.7 Å². The highest BCUT2D eigenvalue weighted by molar-refractivity contribution is 7.26. The van der Waals surface area contributed by atoms with Crippen molar-refractivity contribution in [3.8, 4) is 11.1 Å². The molecule has 58 heavy (non-hydrogen) atoms. The van der Waals surface area contributed by atoms with Crippen LogP contribution in [0.25, 0.3) is 106 Å². The topological polar surface area (TPSA) is 32.2 Å². The first-order valence-corrected chi connectivity index (χ1v) is 21.3. The molecule has 0 spiro atoms. The molecule has 1 radical (unpaired) electrons. The monoisotopic (exact) mass is 771 g/mol. The Morgan fingerprint density at radius 2 is 1.17 bits per heavy atom. The van der Waals surface area contributed by atoms with Gasteiger partial charge in [0.1, 0.15) is 5.58 Å². The number of hydrogen-bond donors (Lipinski definition) is 1. The van der Waals surface area contributed by atoms with Crippen LogP contribution in [0.3, 0.4) is 0 Å². The van der Waals surface area contributed by atoms with E-state index in [4.69, 9.17) is 4.42 Å². The lowest BCUT2D eigenvalue weighted by molar-refractivity contribution is 0.669. The van der Waals surface area contributed by atoms with Gasteiger partial charge in [-0.2, -0.15) is 0 Å². The van der Waals surface area contributed by atoms with Crippen LogP contribution in [0.2, 0.25) is 0 Å². The summed E-state index contributed by atoms with van der Waals surface area (Å²) in [5.41, 5.74) is 12.1. The van der Waals surface area contributed by atoms with E-state index in [0.717, 1.165) is 55.5 Å². The van der Waals surface area contributed by atoms with Crippen LogP contribution in [0.15, 0.2) is 168 Å². The third-order valence-corrected chi connectivity index (χ3v) is 14.7. The van der Waals surface area contributed by atoms with E-state index in [2.05, 4.69) is 181 Å². The van der Waals surface area contributed by atoms with E-state index in [1.165, 1.54) is 78.5 Å². The van der Waals surface area contributed by atoms with Crippen molar-refractivity contribution in [2.45, 2.75) is 0 Å². The van der Waals surface area contributed by atoms with E-state index in [-0.39, 0.29) is 0 Å². The summed E-state index contributed by atoms with van der Waals surface area (Å²) >= 11 is 3.72. The molecule has 13 aromatic rings. The third kappa shape index (κ3) is 4.23. The maximum absolute atomic E-state index is 7.01. The number of furan rings is 1. The number of para-hydroxylation sites is 2. The van der Waals surface area contributed by atoms with Gasteiger partial charge in [0.2, 0.25) is 0 Å². The Kier molecular flexibility index (Phi) is 6.13. The Labute approximate surface area is 340 Å². The fourth-order valence-electron chi connectivity index (χ4n) is 9.77. The van der Waals surface area contributed by atoms with Gasteiger partial charge in [0.05, 0.1) is 11.2 Å². The highest BCUT2D eigenvalue weighted by Gasteiger charge is 2.33. The summed E-state index contributed by atoms with van der Waals surface area (Å²) in [6, 6.07) is 60.3. The molecule has 0 fully saturated rings. The number of rotatable bonds is 2. The highest BCUT2D eigenvalue weighted by Crippen LogP contribution is 2.48. The van der Waals surface area contributed by atoms with Gasteiger partial charge in [-0.05, 0) is 88.5 Å². The van der Waals surface area contributed by atoms with E-state index in [0.29, 0.717) is 0 Å². The van der Waals surface area contributed by atoms with Crippen LogP contribution in [-0.2, 0) is 0 Å². The van der Waals surface area contributed by atoms with E-state index in [1.54, 1.807) is 0 Å². The van der Waals surface area contributed by atoms with Crippen LogP contribution in [0, 0.1) is 0 Å². The molecule has 5 heterocycles. The maximum Gasteiger partial charge on any atom is 0.198 e. The number of fused-ring (bicyclic) bond motifs is 16. The van der Waals surface area contributed by atoms with Crippen molar-refractivity contribution in [1.29, 1.82) is 0 Å². The molecule has 1 N–H and O–H groups in total. The van der Waals surface area contributed by atoms with Crippen LogP contribution in [-0.4, -0.2) is 12.3 Å². The molecule has 9 aromatic carbocycles. The second-order valence-electron chi connectivity index (χ2n) is 15.5. The molecule has 1 aliphatic heterocycles. The lowest BCUT2D eigenvalue weighted by Gasteiger charge is -2.35. The van der Waals surface area contributed by atoms with E-state index in [1.807, 2.05) is 22.7 Å². The zero-order valence-electron chi connectivity index (χ0n) is 30.8. The van der Waals surface area contributed by atoms with E-state index in [9.17, 15) is 0 Å². The molecule has 0 saturated carbocycles. The molecule has 0 amide bonds. The van der Waals surface area contributed by atoms with Crippen molar-refractivity contribution in [1.82, 2.24) is 4.98 Å². The van der Waals surface area contributed by atoms with Crippen LogP contribution in [0.5, 0.6) is 0 Å². The largest absolute Gasteiger partial charge is 0.454 e. The molecule has 0 saturated heterocycles. The first-order valence-electron chi connectivity index (χ1n) is 19.7. The molecule has 6 heteroatoms. The van der Waals surface area contributed by atoms with Gasteiger partial charge in [-0.25, -0.2) is 0 Å². The van der Waals surface area contributed by atoms with Gasteiger partial charge < -0.3 is 14.3 Å². The number of anilines is 3. The first kappa shape index (κ1) is 31.3. The average molecular weight is 772 g/mol. The first-order chi connectivity index (χ1) is 28.7. The SMILES string of the molecule is [B]1c2cc3sc4ccccc4c3cc2N(c2ccc3sc4ccccc4c3c2)c2c1c(-c1cccc3c1[nH]c1cc4ccccc4cc13)cc1c2oc2ccccc21. The Morgan fingerprint density at radius 3 is 2.02 bits per heavy atom. The quantitative estimate of drug-likeness (QED) is 0.178. The summed E-state index contributed by atoms with van der Waals surface area (Å²) < 4.78 is 12.2. The minimum atomic E-state index is 0.886. The molecular weight excluding hydrogens is 744 g/mol. The Bertz CT molecular complexity index is 3920. The molecule has 0 aliphatic carbocycles. The Morgan fingerprint density at radius 1 is 0.483 bits per heavy atom. The van der Waals surface area contributed by atoms with Crippen LogP contribution in [0.4, 0.5) is 17.1 Å². The number of benzene rings is 9. The fourth-order valence-corrected chi connectivity index (χ4v) is 12.0. The van der Waals surface area contributed by atoms with Gasteiger partial charge in [0.25, 0.3) is 0 Å². The number of thiophene rings is 2. The Hall–Kier alpha value is -6.86. The standard InChI is InChI=1S/C52H28BN2OS2/c1-2-11-29-23-42-36(22-28(29)10-1)34-15-9-16-35(50(34)54-42)39-25-40-31-12-3-6-17-44(31)56-52(40)51-49(39)53-41-27-48-38(33-14-5-8-19-46(33)58-48)26-43(41)55(51)30-20-21-47-37(24-30)32-13-4-7-18-45(32)57-47/h1-27,54H. The van der Waals surface area contributed by atoms with Crippen molar-refractivity contribution in [2.75, 3.05) is 4.90 Å². The molecule has 0 atom stereocenters. The van der Waals surface area contributed by atoms with E-state index < -0.39 is 0 Å². The fraction of sp³-hybridized carbons (Fsp3) is 0. The molecule has 0 unspecified atom stereocenters. The highest BCUT2D eigenvalue weighted by atomic mass is 32.1. The van der Waals surface area contributed by atoms with Crippen molar-refractivity contribution in [3.05, 3.63) is 164 Å². The summed E-state index contributed by atoms with van der Waals surface area (Å²) in [6.07, 6.45) is 0. The second-order valence-corrected chi connectivity index (χ2v) is 17.7. The lowest BCUT2D eigenvalue weighted by atomic mass is 9.58. The zero-order chi connectivity index (χ0) is 37.6. The van der Waals surface area contributed by atoms with Crippen molar-refractivity contribution >= 4 is 153 Å². The number of nitrogens with zero attached hydrogens (tertiary/aromatic N) is 1. The molecular formula is C52H28BN2OS2. The molecule has 0 bridgehead atoms. The van der Waals surface area contributed by atoms with Gasteiger partial charge in [-0.3, -0.25) is 0 Å². The summed E-state index contributed by atoms with van der Waals surface area (Å²) in [7, 11) is 2.42. The smallest absolute Gasteiger partial charge is 0.198 e. The molecule has 3 nitrogen and oxygen atoms in total. The summed E-state index contributed by atoms with van der Waals surface area (Å²) in [5, 5.41) is 12.3. The van der Waals surface area contributed by atoms with Gasteiger partial charge in [0, 0.05) is 84.3 Å². The summed E-state index contributed by atoms with van der Waals surface area (Å²) in [4.78, 5) is 6.41. The van der Waals surface area contributed by atoms with Gasteiger partial charge in [0.15, 0.2) is 12.9 Å². The van der Waals surface area contributed by atoms with Crippen LogP contribution in [0.1, 0.15) is 0 Å². The molecule has 4 aromatic heterocycles. The number of nitrogens with one attached hydrogen (secondary N) is 1. The van der Waals surface area contributed by atoms with Gasteiger partial charge >= 0.3 is 0 Å². The minimum Gasteiger partial charge on any atom is -0.454 e. The number of aromatic amines is 1. The van der Waals surface area contributed by atoms with Crippen LogP contribution < -0.4 is 15.8 Å². The maximum atomic E-state index is 7.01. The van der Waals surface area contributed by atoms with Crippen molar-refractivity contribution < 1.29 is 4.42 Å². The average Bonchev–Trinajstić information content (AvgIpc) is 4.03. The second kappa shape index (κ2) is 11.4. The minimum absolute atomic E-state index is 0.886. The summed E-state index contributed by atoms with van der Waals surface area (Å²) in [6.45, 7) is 0. The molecule has 1 aliphatic rings. The summed E-state index contributed by atoms with van der Waals surface area (Å²) in [5.74, 6) is 0. The predicted molar refractivity (Wildman–Crippen MR) is 252 cm³/mol.